The highest BCUT2D eigenvalue weighted by Crippen LogP contribution is 2.00. The molecule has 0 unspecified atom stereocenters. The summed E-state index contributed by atoms with van der Waals surface area (Å²) in [5.74, 6) is 1.29. The third kappa shape index (κ3) is 2.34. The Morgan fingerprint density at radius 2 is 2.31 bits per heavy atom. The second kappa shape index (κ2) is 4.46. The van der Waals surface area contributed by atoms with Crippen molar-refractivity contribution in [1.29, 1.82) is 0 Å². The molecule has 0 spiro atoms. The molecule has 0 amide bonds. The van der Waals surface area contributed by atoms with Crippen LogP contribution in [0.5, 0.6) is 0 Å². The molecule has 0 aliphatic carbocycles. The second-order valence-corrected chi connectivity index (χ2v) is 3.56. The number of methoxy groups -OCH3 is 1. The number of hydrogen-bond acceptors (Lipinski definition) is 3. The molecule has 0 aromatic carbocycles. The Kier molecular flexibility index (Phi) is 3.54. The van der Waals surface area contributed by atoms with Crippen LogP contribution >= 0.6 is 0 Å². The first-order valence-corrected chi connectivity index (χ1v) is 4.66. The fraction of sp³-hybridized carbons (Fsp3) is 0.889. The highest BCUT2D eigenvalue weighted by molar-refractivity contribution is 5.75. The third-order valence-electron chi connectivity index (χ3n) is 2.43. The molecule has 0 saturated heterocycles. The van der Waals surface area contributed by atoms with Crippen LogP contribution in [-0.4, -0.2) is 74.8 Å². The molecule has 0 N–H and O–H groups in total. The quantitative estimate of drug-likeness (QED) is 0.554. The lowest BCUT2D eigenvalue weighted by molar-refractivity contribution is -0.491. The van der Waals surface area contributed by atoms with Gasteiger partial charge in [-0.25, -0.2) is 0 Å². The summed E-state index contributed by atoms with van der Waals surface area (Å²) in [5, 5.41) is 0. The van der Waals surface area contributed by atoms with E-state index in [1.165, 1.54) is 5.96 Å². The molecule has 4 nitrogen and oxygen atoms in total. The first kappa shape index (κ1) is 10.3. The first-order chi connectivity index (χ1) is 6.16. The molecule has 76 valence electrons. The zero-order valence-electron chi connectivity index (χ0n) is 9.08. The Morgan fingerprint density at radius 1 is 1.62 bits per heavy atom. The van der Waals surface area contributed by atoms with Gasteiger partial charge in [0.05, 0.1) is 47.4 Å². The molecule has 1 aliphatic rings. The van der Waals surface area contributed by atoms with Gasteiger partial charge in [-0.05, 0) is 0 Å². The van der Waals surface area contributed by atoms with Gasteiger partial charge in [0.2, 0.25) is 0 Å². The zero-order chi connectivity index (χ0) is 9.84. The van der Waals surface area contributed by atoms with Crippen molar-refractivity contribution in [2.75, 3.05) is 54.5 Å². The van der Waals surface area contributed by atoms with Gasteiger partial charge in [0.1, 0.15) is 0 Å². The van der Waals surface area contributed by atoms with E-state index in [-0.39, 0.29) is 0 Å². The summed E-state index contributed by atoms with van der Waals surface area (Å²) in [7, 11) is 8.09. The van der Waals surface area contributed by atoms with Gasteiger partial charge in [-0.1, -0.05) is 0 Å². The van der Waals surface area contributed by atoms with Gasteiger partial charge in [0.15, 0.2) is 0 Å². The Labute approximate surface area is 80.4 Å². The van der Waals surface area contributed by atoms with Gasteiger partial charge in [-0.15, -0.1) is 0 Å². The van der Waals surface area contributed by atoms with Crippen molar-refractivity contribution in [2.24, 2.45) is 0 Å². The topological polar surface area (TPSA) is 18.7 Å². The van der Waals surface area contributed by atoms with Crippen molar-refractivity contribution >= 4 is 5.96 Å². The molecule has 0 aromatic heterocycles. The lowest BCUT2D eigenvalue weighted by atomic mass is 10.5. The van der Waals surface area contributed by atoms with Crippen LogP contribution in [0.15, 0.2) is 0 Å². The number of likely N-dealkylation sites (N-methyl/N-ethyl adjacent to an activating group) is 3. The van der Waals surface area contributed by atoms with Gasteiger partial charge < -0.3 is 4.74 Å². The number of nitrogens with zero attached hydrogens (tertiary/aromatic N) is 3. The molecule has 0 fully saturated rings. The van der Waals surface area contributed by atoms with Gasteiger partial charge in [-0.2, -0.15) is 0 Å². The molecule has 1 heterocycles. The van der Waals surface area contributed by atoms with Crippen LogP contribution in [-0.2, 0) is 4.74 Å². The monoisotopic (exact) mass is 186 g/mol. The molecule has 0 atom stereocenters. The van der Waals surface area contributed by atoms with Crippen molar-refractivity contribution in [3.8, 4) is 0 Å². The van der Waals surface area contributed by atoms with Crippen molar-refractivity contribution in [1.82, 2.24) is 9.80 Å². The van der Waals surface area contributed by atoms with E-state index in [1.54, 1.807) is 7.11 Å². The van der Waals surface area contributed by atoms with Crippen LogP contribution in [0.2, 0.25) is 0 Å². The van der Waals surface area contributed by atoms with Crippen LogP contribution in [0, 0.1) is 0 Å². The largest absolute Gasteiger partial charge is 0.381 e. The lowest BCUT2D eigenvalue weighted by Gasteiger charge is -2.17. The van der Waals surface area contributed by atoms with Crippen molar-refractivity contribution in [3.63, 3.8) is 0 Å². The summed E-state index contributed by atoms with van der Waals surface area (Å²) in [6.07, 6.45) is 0. The fourth-order valence-electron chi connectivity index (χ4n) is 1.70. The summed E-state index contributed by atoms with van der Waals surface area (Å²) in [6.45, 7) is 3.95. The number of guanidine groups is 1. The molecular weight excluding hydrogens is 166 g/mol. The Morgan fingerprint density at radius 3 is 2.77 bits per heavy atom. The second-order valence-electron chi connectivity index (χ2n) is 3.56. The average molecular weight is 186 g/mol. The fourth-order valence-corrected chi connectivity index (χ4v) is 1.70. The van der Waals surface area contributed by atoms with Crippen LogP contribution in [0.1, 0.15) is 0 Å². The maximum atomic E-state index is 5.05. The molecule has 4 heteroatoms. The van der Waals surface area contributed by atoms with Crippen molar-refractivity contribution < 1.29 is 9.31 Å². The van der Waals surface area contributed by atoms with E-state index in [4.69, 9.17) is 4.74 Å². The Hall–Kier alpha value is -0.770. The summed E-state index contributed by atoms with van der Waals surface area (Å²) >= 11 is 0. The normalized spacial score (nSPS) is 17.1. The standard InChI is InChI=1S/C9H20N3O/c1-10-5-6-11(2)9(10)12(3)7-8-13-4/h5-8H2,1-4H3/q+1. The van der Waals surface area contributed by atoms with E-state index in [0.29, 0.717) is 0 Å². The maximum Gasteiger partial charge on any atom is 0.350 e. The minimum Gasteiger partial charge on any atom is -0.381 e. The molecule has 0 bridgehead atoms. The van der Waals surface area contributed by atoms with Gasteiger partial charge >= 0.3 is 5.96 Å². The molecule has 0 radical (unpaired) electrons. The first-order valence-electron chi connectivity index (χ1n) is 4.66. The van der Waals surface area contributed by atoms with Crippen LogP contribution in [0.25, 0.3) is 0 Å². The van der Waals surface area contributed by atoms with Crippen LogP contribution < -0.4 is 0 Å². The van der Waals surface area contributed by atoms with E-state index in [9.17, 15) is 0 Å². The maximum absolute atomic E-state index is 5.05. The van der Waals surface area contributed by atoms with Crippen LogP contribution in [0.3, 0.4) is 0 Å². The molecule has 13 heavy (non-hydrogen) atoms. The predicted octanol–water partition coefficient (Wildman–Crippen LogP) is -0.492. The molecular formula is C9H20N3O+. The summed E-state index contributed by atoms with van der Waals surface area (Å²) in [5.41, 5.74) is 0. The van der Waals surface area contributed by atoms with E-state index in [1.807, 2.05) is 0 Å². The number of ether oxygens (including phenoxy) is 1. The minimum absolute atomic E-state index is 0.779. The van der Waals surface area contributed by atoms with Crippen molar-refractivity contribution in [2.45, 2.75) is 0 Å². The molecule has 1 rings (SSSR count). The summed E-state index contributed by atoms with van der Waals surface area (Å²) in [4.78, 5) is 4.51. The predicted molar refractivity (Wildman–Crippen MR) is 53.2 cm³/mol. The Balaban J connectivity index is 2.53. The van der Waals surface area contributed by atoms with E-state index >= 15 is 0 Å². The SMILES string of the molecule is COCCN(C)C1=[N+](C)CCN1C. The summed E-state index contributed by atoms with van der Waals surface area (Å²) in [6, 6.07) is 0. The van der Waals surface area contributed by atoms with Gasteiger partial charge in [0, 0.05) is 7.11 Å². The lowest BCUT2D eigenvalue weighted by Crippen LogP contribution is -2.41. The van der Waals surface area contributed by atoms with Crippen molar-refractivity contribution in [3.05, 3.63) is 0 Å². The number of rotatable bonds is 3. The average Bonchev–Trinajstić information content (AvgIpc) is 2.42. The smallest absolute Gasteiger partial charge is 0.350 e. The van der Waals surface area contributed by atoms with E-state index < -0.39 is 0 Å². The highest BCUT2D eigenvalue weighted by Gasteiger charge is 2.27. The third-order valence-corrected chi connectivity index (χ3v) is 2.43. The van der Waals surface area contributed by atoms with Gasteiger partial charge in [0.25, 0.3) is 0 Å². The molecule has 1 aliphatic heterocycles. The summed E-state index contributed by atoms with van der Waals surface area (Å²) < 4.78 is 7.32. The molecule has 0 saturated carbocycles. The highest BCUT2D eigenvalue weighted by atomic mass is 16.5. The zero-order valence-corrected chi connectivity index (χ0v) is 9.08. The minimum atomic E-state index is 0.779. The van der Waals surface area contributed by atoms with Crippen LogP contribution in [0.4, 0.5) is 0 Å². The number of hydrogen-bond donors (Lipinski definition) is 0. The molecule has 0 aromatic rings. The van der Waals surface area contributed by atoms with E-state index in [0.717, 1.165) is 26.2 Å². The van der Waals surface area contributed by atoms with Gasteiger partial charge in [-0.3, -0.25) is 14.4 Å². The Bertz CT molecular complexity index is 203. The van der Waals surface area contributed by atoms with E-state index in [2.05, 4.69) is 35.5 Å².